The van der Waals surface area contributed by atoms with Crippen LogP contribution in [0.25, 0.3) is 5.69 Å². The number of amides is 1. The Bertz CT molecular complexity index is 811. The molecule has 0 fully saturated rings. The summed E-state index contributed by atoms with van der Waals surface area (Å²) < 4.78 is 27.8. The normalized spacial score (nSPS) is 10.5. The van der Waals surface area contributed by atoms with Crippen molar-refractivity contribution in [3.8, 4) is 5.69 Å². The molecule has 0 unspecified atom stereocenters. The SMILES string of the molecule is O=C(Cc1cnn(-c2ccccc2)c1)Nc1cc(F)cc(F)c1. The van der Waals surface area contributed by atoms with Gasteiger partial charge in [0.05, 0.1) is 18.3 Å². The lowest BCUT2D eigenvalue weighted by molar-refractivity contribution is -0.115. The summed E-state index contributed by atoms with van der Waals surface area (Å²) in [5.41, 5.74) is 1.66. The number of anilines is 1. The molecule has 2 aromatic carbocycles. The van der Waals surface area contributed by atoms with Gasteiger partial charge in [-0.1, -0.05) is 18.2 Å². The van der Waals surface area contributed by atoms with Crippen LogP contribution < -0.4 is 5.32 Å². The van der Waals surface area contributed by atoms with Crippen LogP contribution in [0.3, 0.4) is 0 Å². The number of hydrogen-bond acceptors (Lipinski definition) is 2. The van der Waals surface area contributed by atoms with Crippen LogP contribution in [0.5, 0.6) is 0 Å². The lowest BCUT2D eigenvalue weighted by Crippen LogP contribution is -2.14. The van der Waals surface area contributed by atoms with Gasteiger partial charge in [-0.05, 0) is 29.8 Å². The van der Waals surface area contributed by atoms with Gasteiger partial charge in [-0.2, -0.15) is 5.10 Å². The van der Waals surface area contributed by atoms with E-state index in [0.717, 1.165) is 23.9 Å². The van der Waals surface area contributed by atoms with Gasteiger partial charge in [-0.15, -0.1) is 0 Å². The second-order valence-electron chi connectivity index (χ2n) is 5.01. The molecule has 0 aliphatic carbocycles. The van der Waals surface area contributed by atoms with Gasteiger partial charge in [0.1, 0.15) is 11.6 Å². The standard InChI is InChI=1S/C17H13F2N3O/c18-13-7-14(19)9-15(8-13)21-17(23)6-12-10-20-22(11-12)16-4-2-1-3-5-16/h1-5,7-11H,6H2,(H,21,23). The predicted octanol–water partition coefficient (Wildman–Crippen LogP) is 3.33. The number of benzene rings is 2. The Hall–Kier alpha value is -3.02. The van der Waals surface area contributed by atoms with Crippen LogP contribution in [0.1, 0.15) is 5.56 Å². The van der Waals surface area contributed by atoms with E-state index >= 15 is 0 Å². The monoisotopic (exact) mass is 313 g/mol. The van der Waals surface area contributed by atoms with Gasteiger partial charge in [0, 0.05) is 18.0 Å². The summed E-state index contributed by atoms with van der Waals surface area (Å²) in [4.78, 5) is 12.0. The van der Waals surface area contributed by atoms with Crippen molar-refractivity contribution in [2.24, 2.45) is 0 Å². The van der Waals surface area contributed by atoms with Crippen molar-refractivity contribution in [3.63, 3.8) is 0 Å². The van der Waals surface area contributed by atoms with Gasteiger partial charge in [0.15, 0.2) is 0 Å². The Labute approximate surface area is 131 Å². The minimum absolute atomic E-state index is 0.0605. The first-order valence-corrected chi connectivity index (χ1v) is 6.95. The van der Waals surface area contributed by atoms with Gasteiger partial charge < -0.3 is 5.32 Å². The van der Waals surface area contributed by atoms with Crippen molar-refractivity contribution >= 4 is 11.6 Å². The van der Waals surface area contributed by atoms with Gasteiger partial charge in [-0.25, -0.2) is 13.5 Å². The highest BCUT2D eigenvalue weighted by Gasteiger charge is 2.09. The molecule has 1 amide bonds. The topological polar surface area (TPSA) is 46.9 Å². The third kappa shape index (κ3) is 3.79. The Morgan fingerprint density at radius 2 is 1.78 bits per heavy atom. The Kier molecular flexibility index (Phi) is 4.14. The third-order valence-electron chi connectivity index (χ3n) is 3.17. The summed E-state index contributed by atoms with van der Waals surface area (Å²) in [5.74, 6) is -1.85. The molecule has 1 N–H and O–H groups in total. The van der Waals surface area contributed by atoms with E-state index in [1.165, 1.54) is 0 Å². The van der Waals surface area contributed by atoms with Crippen LogP contribution in [0, 0.1) is 11.6 Å². The first-order valence-electron chi connectivity index (χ1n) is 6.95. The van der Waals surface area contributed by atoms with E-state index in [0.29, 0.717) is 5.56 Å². The second kappa shape index (κ2) is 6.39. The van der Waals surface area contributed by atoms with E-state index in [1.54, 1.807) is 17.1 Å². The summed E-state index contributed by atoms with van der Waals surface area (Å²) in [7, 11) is 0. The molecule has 116 valence electrons. The number of carbonyl (C=O) groups is 1. The molecule has 0 aliphatic heterocycles. The molecule has 0 saturated heterocycles. The van der Waals surface area contributed by atoms with Crippen LogP contribution in [-0.4, -0.2) is 15.7 Å². The molecule has 0 saturated carbocycles. The molecule has 0 aliphatic rings. The Balaban J connectivity index is 1.68. The summed E-state index contributed by atoms with van der Waals surface area (Å²) in [6.07, 6.45) is 3.38. The lowest BCUT2D eigenvalue weighted by atomic mass is 10.2. The Morgan fingerprint density at radius 3 is 2.48 bits per heavy atom. The smallest absolute Gasteiger partial charge is 0.228 e. The zero-order valence-electron chi connectivity index (χ0n) is 12.0. The molecule has 0 atom stereocenters. The van der Waals surface area contributed by atoms with Crippen LogP contribution in [0.2, 0.25) is 0 Å². The molecular formula is C17H13F2N3O. The zero-order valence-corrected chi connectivity index (χ0v) is 12.0. The van der Waals surface area contributed by atoms with Gasteiger partial charge in [0.25, 0.3) is 0 Å². The predicted molar refractivity (Wildman–Crippen MR) is 82.3 cm³/mol. The highest BCUT2D eigenvalue weighted by molar-refractivity contribution is 5.92. The second-order valence-corrected chi connectivity index (χ2v) is 5.01. The first kappa shape index (κ1) is 14.9. The maximum atomic E-state index is 13.1. The average Bonchev–Trinajstić information content (AvgIpc) is 2.95. The number of hydrogen-bond donors (Lipinski definition) is 1. The average molecular weight is 313 g/mol. The van der Waals surface area contributed by atoms with Crippen molar-refractivity contribution in [3.05, 3.63) is 78.1 Å². The molecule has 1 aromatic heterocycles. The molecule has 0 spiro atoms. The number of carbonyl (C=O) groups excluding carboxylic acids is 1. The number of rotatable bonds is 4. The molecule has 0 bridgehead atoms. The van der Waals surface area contributed by atoms with Crippen molar-refractivity contribution < 1.29 is 13.6 Å². The molecule has 3 aromatic rings. The van der Waals surface area contributed by atoms with Crippen LogP contribution in [-0.2, 0) is 11.2 Å². The quantitative estimate of drug-likeness (QED) is 0.803. The van der Waals surface area contributed by atoms with Crippen molar-refractivity contribution in [2.45, 2.75) is 6.42 Å². The molecule has 6 heteroatoms. The minimum atomic E-state index is -0.739. The number of halogens is 2. The van der Waals surface area contributed by atoms with Gasteiger partial charge in [-0.3, -0.25) is 4.79 Å². The summed E-state index contributed by atoms with van der Waals surface area (Å²) in [5, 5.41) is 6.66. The first-order chi connectivity index (χ1) is 11.1. The number of nitrogens with zero attached hydrogens (tertiary/aromatic N) is 2. The van der Waals surface area contributed by atoms with E-state index in [1.807, 2.05) is 30.3 Å². The Morgan fingerprint density at radius 1 is 1.09 bits per heavy atom. The fourth-order valence-corrected chi connectivity index (χ4v) is 2.19. The van der Waals surface area contributed by atoms with Gasteiger partial charge in [0.2, 0.25) is 5.91 Å². The fraction of sp³-hybridized carbons (Fsp3) is 0.0588. The summed E-state index contributed by atoms with van der Waals surface area (Å²) >= 11 is 0. The van der Waals surface area contributed by atoms with E-state index in [4.69, 9.17) is 0 Å². The molecule has 4 nitrogen and oxygen atoms in total. The third-order valence-corrected chi connectivity index (χ3v) is 3.17. The maximum Gasteiger partial charge on any atom is 0.228 e. The fourth-order valence-electron chi connectivity index (χ4n) is 2.19. The minimum Gasteiger partial charge on any atom is -0.326 e. The maximum absolute atomic E-state index is 13.1. The van der Waals surface area contributed by atoms with Crippen LogP contribution in [0.4, 0.5) is 14.5 Å². The lowest BCUT2D eigenvalue weighted by Gasteiger charge is -2.04. The van der Waals surface area contributed by atoms with Crippen molar-refractivity contribution in [1.82, 2.24) is 9.78 Å². The van der Waals surface area contributed by atoms with Crippen LogP contribution in [0.15, 0.2) is 60.9 Å². The molecule has 0 radical (unpaired) electrons. The van der Waals surface area contributed by atoms with Crippen molar-refractivity contribution in [2.75, 3.05) is 5.32 Å². The van der Waals surface area contributed by atoms with Crippen LogP contribution >= 0.6 is 0 Å². The number of nitrogens with one attached hydrogen (secondary N) is 1. The zero-order chi connectivity index (χ0) is 16.2. The molecule has 23 heavy (non-hydrogen) atoms. The van der Waals surface area contributed by atoms with E-state index < -0.39 is 11.6 Å². The largest absolute Gasteiger partial charge is 0.326 e. The highest BCUT2D eigenvalue weighted by atomic mass is 19.1. The van der Waals surface area contributed by atoms with Crippen molar-refractivity contribution in [1.29, 1.82) is 0 Å². The number of para-hydroxylation sites is 1. The number of aromatic nitrogens is 2. The molecule has 1 heterocycles. The van der Waals surface area contributed by atoms with E-state index in [-0.39, 0.29) is 18.0 Å². The highest BCUT2D eigenvalue weighted by Crippen LogP contribution is 2.14. The molecular weight excluding hydrogens is 300 g/mol. The summed E-state index contributed by atoms with van der Waals surface area (Å²) in [6, 6.07) is 12.4. The summed E-state index contributed by atoms with van der Waals surface area (Å²) in [6.45, 7) is 0. The van der Waals surface area contributed by atoms with E-state index in [9.17, 15) is 13.6 Å². The molecule has 3 rings (SSSR count). The van der Waals surface area contributed by atoms with Gasteiger partial charge >= 0.3 is 0 Å². The van der Waals surface area contributed by atoms with E-state index in [2.05, 4.69) is 10.4 Å².